The van der Waals surface area contributed by atoms with Crippen LogP contribution in [0.15, 0.2) is 18.2 Å². The molecule has 0 heterocycles. The third-order valence-corrected chi connectivity index (χ3v) is 1.69. The van der Waals surface area contributed by atoms with Crippen LogP contribution in [0, 0.1) is 5.92 Å². The molecule has 76 valence electrons. The lowest BCUT2D eigenvalue weighted by atomic mass is 10.2. The molecule has 3 nitrogen and oxygen atoms in total. The molecule has 3 heteroatoms. The van der Waals surface area contributed by atoms with Gasteiger partial charge in [-0.1, -0.05) is 13.8 Å². The molecule has 0 saturated heterocycles. The molecule has 0 amide bonds. The first-order chi connectivity index (χ1) is 6.63. The molecule has 1 N–H and O–H groups in total. The van der Waals surface area contributed by atoms with Crippen LogP contribution in [-0.2, 0) is 0 Å². The molecule has 0 aliphatic rings. The normalized spacial score (nSPS) is 10.2. The Kier molecular flexibility index (Phi) is 3.51. The van der Waals surface area contributed by atoms with E-state index < -0.39 is 0 Å². The third kappa shape index (κ3) is 2.76. The van der Waals surface area contributed by atoms with Crippen molar-refractivity contribution in [3.63, 3.8) is 0 Å². The zero-order valence-corrected chi connectivity index (χ0v) is 8.36. The fourth-order valence-electron chi connectivity index (χ4n) is 0.976. The van der Waals surface area contributed by atoms with E-state index in [2.05, 4.69) is 0 Å². The van der Waals surface area contributed by atoms with Gasteiger partial charge >= 0.3 is 0 Å². The van der Waals surface area contributed by atoms with E-state index in [4.69, 9.17) is 4.74 Å². The van der Waals surface area contributed by atoms with Crippen LogP contribution >= 0.6 is 0 Å². The molecule has 1 rings (SSSR count). The van der Waals surface area contributed by atoms with Gasteiger partial charge in [0.2, 0.25) is 0 Å². The van der Waals surface area contributed by atoms with Gasteiger partial charge in [-0.3, -0.25) is 4.79 Å². The molecule has 0 atom stereocenters. The predicted molar refractivity (Wildman–Crippen MR) is 53.8 cm³/mol. The van der Waals surface area contributed by atoms with Crippen molar-refractivity contribution >= 4 is 6.29 Å². The van der Waals surface area contributed by atoms with Crippen molar-refractivity contribution in [3.8, 4) is 11.5 Å². The summed E-state index contributed by atoms with van der Waals surface area (Å²) >= 11 is 0. The van der Waals surface area contributed by atoms with Gasteiger partial charge in [-0.25, -0.2) is 0 Å². The first kappa shape index (κ1) is 10.6. The summed E-state index contributed by atoms with van der Waals surface area (Å²) in [4.78, 5) is 10.5. The molecular formula is C11H14O3. The van der Waals surface area contributed by atoms with Gasteiger partial charge in [0.25, 0.3) is 0 Å². The van der Waals surface area contributed by atoms with E-state index in [0.29, 0.717) is 23.8 Å². The van der Waals surface area contributed by atoms with Crippen molar-refractivity contribution in [2.24, 2.45) is 5.92 Å². The van der Waals surface area contributed by atoms with Crippen LogP contribution in [0.25, 0.3) is 0 Å². The summed E-state index contributed by atoms with van der Waals surface area (Å²) < 4.78 is 5.33. The van der Waals surface area contributed by atoms with Crippen LogP contribution in [0.3, 0.4) is 0 Å². The zero-order chi connectivity index (χ0) is 10.6. The predicted octanol–water partition coefficient (Wildman–Crippen LogP) is 2.24. The number of aldehydes is 1. The van der Waals surface area contributed by atoms with Crippen molar-refractivity contribution in [2.45, 2.75) is 13.8 Å². The second-order valence-corrected chi connectivity index (χ2v) is 3.55. The Labute approximate surface area is 83.3 Å². The number of carbonyl (C=O) groups is 1. The lowest BCUT2D eigenvalue weighted by molar-refractivity contribution is 0.112. The first-order valence-corrected chi connectivity index (χ1v) is 4.54. The topological polar surface area (TPSA) is 46.5 Å². The van der Waals surface area contributed by atoms with E-state index in [1.165, 1.54) is 12.1 Å². The number of phenols is 1. The SMILES string of the molecule is CC(C)COc1cc(C=O)ccc1O. The second-order valence-electron chi connectivity index (χ2n) is 3.55. The quantitative estimate of drug-likeness (QED) is 0.748. The van der Waals surface area contributed by atoms with Gasteiger partial charge in [0.1, 0.15) is 6.29 Å². The van der Waals surface area contributed by atoms with Crippen LogP contribution in [-0.4, -0.2) is 18.0 Å². The largest absolute Gasteiger partial charge is 0.504 e. The van der Waals surface area contributed by atoms with Crippen molar-refractivity contribution in [1.29, 1.82) is 0 Å². The molecule has 14 heavy (non-hydrogen) atoms. The summed E-state index contributed by atoms with van der Waals surface area (Å²) in [6.07, 6.45) is 0.724. The van der Waals surface area contributed by atoms with E-state index >= 15 is 0 Å². The second kappa shape index (κ2) is 4.65. The van der Waals surface area contributed by atoms with Crippen molar-refractivity contribution in [1.82, 2.24) is 0 Å². The minimum Gasteiger partial charge on any atom is -0.504 e. The lowest BCUT2D eigenvalue weighted by Gasteiger charge is -2.10. The summed E-state index contributed by atoms with van der Waals surface area (Å²) in [5, 5.41) is 9.40. The third-order valence-electron chi connectivity index (χ3n) is 1.69. The van der Waals surface area contributed by atoms with Crippen molar-refractivity contribution < 1.29 is 14.6 Å². The molecule has 0 saturated carbocycles. The standard InChI is InChI=1S/C11H14O3/c1-8(2)7-14-11-5-9(6-12)3-4-10(11)13/h3-6,8,13H,7H2,1-2H3. The summed E-state index contributed by atoms with van der Waals surface area (Å²) in [5.41, 5.74) is 0.501. The highest BCUT2D eigenvalue weighted by Gasteiger charge is 2.04. The molecule has 0 spiro atoms. The number of rotatable bonds is 4. The van der Waals surface area contributed by atoms with Gasteiger partial charge in [0, 0.05) is 5.56 Å². The Balaban J connectivity index is 2.78. The highest BCUT2D eigenvalue weighted by molar-refractivity contribution is 5.76. The van der Waals surface area contributed by atoms with Gasteiger partial charge in [-0.15, -0.1) is 0 Å². The van der Waals surface area contributed by atoms with E-state index in [0.717, 1.165) is 6.29 Å². The Morgan fingerprint density at radius 1 is 1.50 bits per heavy atom. The summed E-state index contributed by atoms with van der Waals surface area (Å²) in [6.45, 7) is 4.55. The van der Waals surface area contributed by atoms with E-state index in [1.807, 2.05) is 13.8 Å². The van der Waals surface area contributed by atoms with E-state index in [1.54, 1.807) is 6.07 Å². The van der Waals surface area contributed by atoms with Crippen LogP contribution in [0.1, 0.15) is 24.2 Å². The molecule has 0 radical (unpaired) electrons. The average Bonchev–Trinajstić information content (AvgIpc) is 2.16. The number of aromatic hydroxyl groups is 1. The summed E-state index contributed by atoms with van der Waals surface area (Å²) in [7, 11) is 0. The number of hydrogen-bond donors (Lipinski definition) is 1. The van der Waals surface area contributed by atoms with Crippen LogP contribution < -0.4 is 4.74 Å². The highest BCUT2D eigenvalue weighted by atomic mass is 16.5. The molecule has 0 fully saturated rings. The van der Waals surface area contributed by atoms with Gasteiger partial charge in [0.15, 0.2) is 11.5 Å². The minimum absolute atomic E-state index is 0.0660. The number of ether oxygens (including phenoxy) is 1. The Morgan fingerprint density at radius 3 is 2.79 bits per heavy atom. The number of benzene rings is 1. The van der Waals surface area contributed by atoms with Gasteiger partial charge in [-0.2, -0.15) is 0 Å². The molecule has 0 unspecified atom stereocenters. The molecule has 0 aliphatic carbocycles. The van der Waals surface area contributed by atoms with Crippen LogP contribution in [0.2, 0.25) is 0 Å². The Morgan fingerprint density at radius 2 is 2.21 bits per heavy atom. The van der Waals surface area contributed by atoms with Crippen LogP contribution in [0.5, 0.6) is 11.5 Å². The number of hydrogen-bond acceptors (Lipinski definition) is 3. The summed E-state index contributed by atoms with van der Waals surface area (Å²) in [6, 6.07) is 4.54. The maximum absolute atomic E-state index is 10.5. The molecule has 1 aromatic rings. The molecule has 0 bridgehead atoms. The number of carbonyl (C=O) groups excluding carboxylic acids is 1. The Hall–Kier alpha value is -1.51. The molecular weight excluding hydrogens is 180 g/mol. The fraction of sp³-hybridized carbons (Fsp3) is 0.364. The average molecular weight is 194 g/mol. The molecule has 0 aromatic heterocycles. The van der Waals surface area contributed by atoms with E-state index in [-0.39, 0.29) is 5.75 Å². The van der Waals surface area contributed by atoms with Crippen molar-refractivity contribution in [2.75, 3.05) is 6.61 Å². The zero-order valence-electron chi connectivity index (χ0n) is 8.36. The van der Waals surface area contributed by atoms with Gasteiger partial charge in [0.05, 0.1) is 6.61 Å². The molecule has 1 aromatic carbocycles. The van der Waals surface area contributed by atoms with E-state index in [9.17, 15) is 9.90 Å². The first-order valence-electron chi connectivity index (χ1n) is 4.54. The lowest BCUT2D eigenvalue weighted by Crippen LogP contribution is -2.04. The number of phenolic OH excluding ortho intramolecular Hbond substituents is 1. The maximum atomic E-state index is 10.5. The minimum atomic E-state index is 0.0660. The van der Waals surface area contributed by atoms with Crippen LogP contribution in [0.4, 0.5) is 0 Å². The van der Waals surface area contributed by atoms with Crippen molar-refractivity contribution in [3.05, 3.63) is 23.8 Å². The monoisotopic (exact) mass is 194 g/mol. The fourth-order valence-corrected chi connectivity index (χ4v) is 0.976. The summed E-state index contributed by atoms with van der Waals surface area (Å²) in [5.74, 6) is 0.814. The maximum Gasteiger partial charge on any atom is 0.161 e. The smallest absolute Gasteiger partial charge is 0.161 e. The van der Waals surface area contributed by atoms with Gasteiger partial charge < -0.3 is 9.84 Å². The van der Waals surface area contributed by atoms with Gasteiger partial charge in [-0.05, 0) is 24.1 Å². The highest BCUT2D eigenvalue weighted by Crippen LogP contribution is 2.26. The molecule has 0 aliphatic heterocycles. The Bertz CT molecular complexity index is 318.